The van der Waals surface area contributed by atoms with E-state index in [0.717, 1.165) is 45.8 Å². The summed E-state index contributed by atoms with van der Waals surface area (Å²) in [5.41, 5.74) is 1.82. The van der Waals surface area contributed by atoms with Gasteiger partial charge in [0, 0.05) is 22.9 Å². The van der Waals surface area contributed by atoms with Crippen molar-refractivity contribution in [3.05, 3.63) is 45.3 Å². The zero-order chi connectivity index (χ0) is 14.8. The minimum Gasteiger partial charge on any atom is -0.268 e. The summed E-state index contributed by atoms with van der Waals surface area (Å²) in [6.07, 6.45) is 1.93. The molecule has 0 N–H and O–H groups in total. The fourth-order valence-corrected chi connectivity index (χ4v) is 4.23. The molecule has 110 valence electrons. The summed E-state index contributed by atoms with van der Waals surface area (Å²) >= 11 is 9.19. The third-order valence-electron chi connectivity index (χ3n) is 3.19. The zero-order valence-electron chi connectivity index (χ0n) is 11.6. The lowest BCUT2D eigenvalue weighted by molar-refractivity contribution is 0.739. The number of hydrogen-bond acceptors (Lipinski definition) is 4. The second-order valence-corrected chi connectivity index (χ2v) is 7.34. The van der Waals surface area contributed by atoms with E-state index in [1.54, 1.807) is 40.2 Å². The van der Waals surface area contributed by atoms with Crippen LogP contribution >= 0.6 is 35.1 Å². The van der Waals surface area contributed by atoms with Crippen LogP contribution < -0.4 is 5.56 Å². The summed E-state index contributed by atoms with van der Waals surface area (Å²) in [6, 6.07) is 7.34. The zero-order valence-corrected chi connectivity index (χ0v) is 14.0. The van der Waals surface area contributed by atoms with Gasteiger partial charge in [0.15, 0.2) is 5.16 Å². The predicted octanol–water partition coefficient (Wildman–Crippen LogP) is 4.04. The highest BCUT2D eigenvalue weighted by molar-refractivity contribution is 7.99. The van der Waals surface area contributed by atoms with Crippen LogP contribution in [-0.2, 0) is 6.42 Å². The Kier molecular flexibility index (Phi) is 4.62. The number of hydrogen-bond donors (Lipinski definition) is 0. The Hall–Kier alpha value is -0.910. The van der Waals surface area contributed by atoms with Gasteiger partial charge in [-0.2, -0.15) is 0 Å². The van der Waals surface area contributed by atoms with Crippen LogP contribution in [0.1, 0.15) is 19.0 Å². The van der Waals surface area contributed by atoms with Crippen molar-refractivity contribution in [1.82, 2.24) is 9.55 Å². The highest BCUT2D eigenvalue weighted by Gasteiger charge is 2.22. The van der Waals surface area contributed by atoms with E-state index in [9.17, 15) is 4.79 Å². The van der Waals surface area contributed by atoms with E-state index >= 15 is 0 Å². The van der Waals surface area contributed by atoms with Gasteiger partial charge in [0.2, 0.25) is 0 Å². The van der Waals surface area contributed by atoms with Crippen LogP contribution in [0, 0.1) is 0 Å². The summed E-state index contributed by atoms with van der Waals surface area (Å²) in [7, 11) is 0. The van der Waals surface area contributed by atoms with Crippen LogP contribution in [0.2, 0.25) is 5.02 Å². The van der Waals surface area contributed by atoms with Gasteiger partial charge in [-0.25, -0.2) is 4.98 Å². The maximum Gasteiger partial charge on any atom is 0.272 e. The molecule has 1 aromatic heterocycles. The molecule has 2 heterocycles. The standard InChI is InChI=1S/C15H15ClN2OS2/c1-2-8-21-15-17-12-7-9-20-13(12)14(19)18(15)11-5-3-10(16)4-6-11/h3-6H,2,7-9H2,1H3. The van der Waals surface area contributed by atoms with E-state index in [1.165, 1.54) is 0 Å². The van der Waals surface area contributed by atoms with Gasteiger partial charge in [-0.1, -0.05) is 30.3 Å². The summed E-state index contributed by atoms with van der Waals surface area (Å²) in [4.78, 5) is 18.3. The number of aromatic nitrogens is 2. The number of aryl methyl sites for hydroxylation is 1. The van der Waals surface area contributed by atoms with Gasteiger partial charge in [0.05, 0.1) is 16.3 Å². The first-order valence-electron chi connectivity index (χ1n) is 6.88. The molecule has 3 rings (SSSR count). The molecule has 0 radical (unpaired) electrons. The number of rotatable bonds is 4. The monoisotopic (exact) mass is 338 g/mol. The fraction of sp³-hybridized carbons (Fsp3) is 0.333. The highest BCUT2D eigenvalue weighted by atomic mass is 35.5. The first-order chi connectivity index (χ1) is 10.2. The average molecular weight is 339 g/mol. The Morgan fingerprint density at radius 3 is 2.86 bits per heavy atom. The summed E-state index contributed by atoms with van der Waals surface area (Å²) < 4.78 is 1.72. The number of halogens is 1. The highest BCUT2D eigenvalue weighted by Crippen LogP contribution is 2.30. The third-order valence-corrected chi connectivity index (χ3v) is 5.69. The maximum absolute atomic E-state index is 12.8. The molecule has 6 heteroatoms. The van der Waals surface area contributed by atoms with Crippen LogP contribution in [0.3, 0.4) is 0 Å². The van der Waals surface area contributed by atoms with Gasteiger partial charge < -0.3 is 0 Å². The maximum atomic E-state index is 12.8. The minimum atomic E-state index is 0.0448. The molecule has 0 amide bonds. The van der Waals surface area contributed by atoms with Gasteiger partial charge in [-0.05, 0) is 30.7 Å². The fourth-order valence-electron chi connectivity index (χ4n) is 2.20. The number of nitrogens with zero attached hydrogens (tertiary/aromatic N) is 2. The van der Waals surface area contributed by atoms with Crippen molar-refractivity contribution < 1.29 is 0 Å². The Balaban J connectivity index is 2.16. The molecule has 0 aliphatic carbocycles. The molecule has 0 spiro atoms. The largest absolute Gasteiger partial charge is 0.272 e. The van der Waals surface area contributed by atoms with E-state index in [4.69, 9.17) is 16.6 Å². The molecule has 21 heavy (non-hydrogen) atoms. The van der Waals surface area contributed by atoms with Gasteiger partial charge >= 0.3 is 0 Å². The van der Waals surface area contributed by atoms with E-state index in [0.29, 0.717) is 5.02 Å². The van der Waals surface area contributed by atoms with Gasteiger partial charge in [-0.3, -0.25) is 9.36 Å². The van der Waals surface area contributed by atoms with Crippen LogP contribution in [-0.4, -0.2) is 21.1 Å². The van der Waals surface area contributed by atoms with Crippen LogP contribution in [0.5, 0.6) is 0 Å². The molecule has 0 bridgehead atoms. The number of benzene rings is 1. The lowest BCUT2D eigenvalue weighted by atomic mass is 10.3. The van der Waals surface area contributed by atoms with Crippen molar-refractivity contribution in [3.8, 4) is 5.69 Å². The summed E-state index contributed by atoms with van der Waals surface area (Å²) in [5, 5.41) is 1.45. The Morgan fingerprint density at radius 1 is 1.38 bits per heavy atom. The molecular weight excluding hydrogens is 324 g/mol. The Labute approximate surface area is 137 Å². The summed E-state index contributed by atoms with van der Waals surface area (Å²) in [6.45, 7) is 2.13. The SMILES string of the molecule is CCCSc1nc2c(c(=O)n1-c1ccc(Cl)cc1)SCC2. The molecule has 0 saturated heterocycles. The van der Waals surface area contributed by atoms with Gasteiger partial charge in [-0.15, -0.1) is 11.8 Å². The lowest BCUT2D eigenvalue weighted by Gasteiger charge is -2.13. The molecule has 0 atom stereocenters. The van der Waals surface area contributed by atoms with Gasteiger partial charge in [0.1, 0.15) is 0 Å². The van der Waals surface area contributed by atoms with Crippen molar-refractivity contribution in [2.45, 2.75) is 29.8 Å². The van der Waals surface area contributed by atoms with Crippen LogP contribution in [0.4, 0.5) is 0 Å². The first-order valence-corrected chi connectivity index (χ1v) is 9.23. The van der Waals surface area contributed by atoms with Crippen molar-refractivity contribution in [2.75, 3.05) is 11.5 Å². The van der Waals surface area contributed by atoms with Crippen molar-refractivity contribution >= 4 is 35.1 Å². The first kappa shape index (κ1) is 15.0. The topological polar surface area (TPSA) is 34.9 Å². The molecule has 0 saturated carbocycles. The number of fused-ring (bicyclic) bond motifs is 1. The molecule has 1 aliphatic heterocycles. The second-order valence-electron chi connectivity index (χ2n) is 4.73. The predicted molar refractivity (Wildman–Crippen MR) is 90.3 cm³/mol. The quantitative estimate of drug-likeness (QED) is 0.622. The molecule has 3 nitrogen and oxygen atoms in total. The van der Waals surface area contributed by atoms with E-state index in [2.05, 4.69) is 6.92 Å². The molecule has 1 aliphatic rings. The molecule has 2 aromatic rings. The van der Waals surface area contributed by atoms with Gasteiger partial charge in [0.25, 0.3) is 5.56 Å². The van der Waals surface area contributed by atoms with E-state index in [-0.39, 0.29) is 5.56 Å². The lowest BCUT2D eigenvalue weighted by Crippen LogP contribution is -2.23. The normalized spacial score (nSPS) is 13.4. The van der Waals surface area contributed by atoms with Crippen molar-refractivity contribution in [3.63, 3.8) is 0 Å². The summed E-state index contributed by atoms with van der Waals surface area (Å²) in [5.74, 6) is 1.89. The smallest absolute Gasteiger partial charge is 0.268 e. The molecule has 0 unspecified atom stereocenters. The van der Waals surface area contributed by atoms with Crippen molar-refractivity contribution in [2.24, 2.45) is 0 Å². The molecular formula is C15H15ClN2OS2. The van der Waals surface area contributed by atoms with Crippen LogP contribution in [0.15, 0.2) is 39.1 Å². The Bertz CT molecular complexity index is 713. The van der Waals surface area contributed by atoms with E-state index < -0.39 is 0 Å². The average Bonchev–Trinajstić information content (AvgIpc) is 2.95. The Morgan fingerprint density at radius 2 is 2.14 bits per heavy atom. The van der Waals surface area contributed by atoms with Crippen LogP contribution in [0.25, 0.3) is 5.69 Å². The minimum absolute atomic E-state index is 0.0448. The molecule has 1 aromatic carbocycles. The second kappa shape index (κ2) is 6.46. The van der Waals surface area contributed by atoms with E-state index in [1.807, 2.05) is 12.1 Å². The number of thioether (sulfide) groups is 2. The third kappa shape index (κ3) is 3.00. The molecule has 0 fully saturated rings. The van der Waals surface area contributed by atoms with Crippen molar-refractivity contribution in [1.29, 1.82) is 0 Å².